The molecular weight excluding hydrogens is 372 g/mol. The molecule has 0 aliphatic carbocycles. The van der Waals surface area contributed by atoms with Crippen molar-refractivity contribution in [1.82, 2.24) is 9.21 Å². The van der Waals surface area contributed by atoms with Gasteiger partial charge < -0.3 is 9.64 Å². The molecule has 146 valence electrons. The minimum Gasteiger partial charge on any atom is -0.451 e. The summed E-state index contributed by atoms with van der Waals surface area (Å²) in [4.78, 5) is 38.5. The van der Waals surface area contributed by atoms with Gasteiger partial charge in [-0.15, -0.1) is 0 Å². The summed E-state index contributed by atoms with van der Waals surface area (Å²) < 4.78 is 30.5. The molecule has 1 fully saturated rings. The van der Waals surface area contributed by atoms with E-state index in [-0.39, 0.29) is 16.4 Å². The molecule has 1 saturated heterocycles. The zero-order valence-corrected chi connectivity index (χ0v) is 15.9. The first kappa shape index (κ1) is 19.3. The number of likely N-dealkylation sites (tertiary alicyclic amines) is 1. The standard InChI is InChI=1S/C18H22N2O6S/c1-13(17(22)19-10-6-2-3-7-11-19)26-16(21)12-20-18(23)14-8-4-5-9-15(14)27(20,24)25/h4-5,8-9,13H,2-3,6-7,10-12H2,1H3/t13-/m1/s1. The molecule has 2 aliphatic heterocycles. The van der Waals surface area contributed by atoms with Crippen LogP contribution in [0, 0.1) is 0 Å². The van der Waals surface area contributed by atoms with E-state index in [0.717, 1.165) is 25.7 Å². The Kier molecular flexibility index (Phi) is 5.50. The molecule has 0 N–H and O–H groups in total. The van der Waals surface area contributed by atoms with E-state index < -0.39 is 34.5 Å². The number of hydrogen-bond acceptors (Lipinski definition) is 6. The van der Waals surface area contributed by atoms with E-state index in [1.165, 1.54) is 25.1 Å². The molecule has 1 aromatic carbocycles. The van der Waals surface area contributed by atoms with Gasteiger partial charge in [0, 0.05) is 13.1 Å². The SMILES string of the molecule is C[C@@H](OC(=O)CN1C(=O)c2ccccc2S1(=O)=O)C(=O)N1CCCCCC1. The van der Waals surface area contributed by atoms with Gasteiger partial charge in [0.1, 0.15) is 11.4 Å². The van der Waals surface area contributed by atoms with E-state index in [9.17, 15) is 22.8 Å². The number of esters is 1. The van der Waals surface area contributed by atoms with E-state index >= 15 is 0 Å². The van der Waals surface area contributed by atoms with Gasteiger partial charge in [0.25, 0.3) is 21.8 Å². The molecule has 0 radical (unpaired) electrons. The second-order valence-electron chi connectivity index (χ2n) is 6.68. The van der Waals surface area contributed by atoms with Crippen molar-refractivity contribution in [1.29, 1.82) is 0 Å². The molecule has 1 aromatic rings. The van der Waals surface area contributed by atoms with Crippen molar-refractivity contribution in [3.63, 3.8) is 0 Å². The van der Waals surface area contributed by atoms with Gasteiger partial charge in [-0.2, -0.15) is 0 Å². The van der Waals surface area contributed by atoms with Crippen LogP contribution in [0.25, 0.3) is 0 Å². The van der Waals surface area contributed by atoms with Gasteiger partial charge in [0.2, 0.25) is 0 Å². The van der Waals surface area contributed by atoms with E-state index in [0.29, 0.717) is 17.4 Å². The van der Waals surface area contributed by atoms with Crippen LogP contribution in [-0.2, 0) is 24.3 Å². The highest BCUT2D eigenvalue weighted by Gasteiger charge is 2.42. The van der Waals surface area contributed by atoms with Crippen molar-refractivity contribution in [2.45, 2.75) is 43.6 Å². The average Bonchev–Trinajstić information content (AvgIpc) is 2.86. The summed E-state index contributed by atoms with van der Waals surface area (Å²) in [6.45, 7) is 1.94. The highest BCUT2D eigenvalue weighted by atomic mass is 32.2. The fraction of sp³-hybridized carbons (Fsp3) is 0.500. The first-order valence-electron chi connectivity index (χ1n) is 8.97. The van der Waals surface area contributed by atoms with Crippen LogP contribution in [0.4, 0.5) is 0 Å². The highest BCUT2D eigenvalue weighted by molar-refractivity contribution is 7.90. The van der Waals surface area contributed by atoms with Crippen molar-refractivity contribution in [2.75, 3.05) is 19.6 Å². The Morgan fingerprint density at radius 1 is 1.11 bits per heavy atom. The quantitative estimate of drug-likeness (QED) is 0.711. The van der Waals surface area contributed by atoms with Crippen molar-refractivity contribution in [3.8, 4) is 0 Å². The molecular formula is C18H22N2O6S. The van der Waals surface area contributed by atoms with Gasteiger partial charge in [0.15, 0.2) is 6.10 Å². The molecule has 0 bridgehead atoms. The molecule has 0 unspecified atom stereocenters. The monoisotopic (exact) mass is 394 g/mol. The lowest BCUT2D eigenvalue weighted by Crippen LogP contribution is -2.42. The number of rotatable bonds is 4. The lowest BCUT2D eigenvalue weighted by atomic mass is 10.2. The summed E-state index contributed by atoms with van der Waals surface area (Å²) in [7, 11) is -4.08. The van der Waals surface area contributed by atoms with Crippen LogP contribution in [0.15, 0.2) is 29.2 Å². The van der Waals surface area contributed by atoms with E-state index in [1.54, 1.807) is 11.0 Å². The number of carbonyl (C=O) groups excluding carboxylic acids is 3. The maximum atomic E-state index is 12.5. The average molecular weight is 394 g/mol. The Morgan fingerprint density at radius 3 is 2.37 bits per heavy atom. The number of fused-ring (bicyclic) bond motifs is 1. The van der Waals surface area contributed by atoms with E-state index in [2.05, 4.69) is 0 Å². The predicted molar refractivity (Wildman–Crippen MR) is 95.3 cm³/mol. The third-order valence-corrected chi connectivity index (χ3v) is 6.55. The number of sulfonamides is 1. The maximum Gasteiger partial charge on any atom is 0.327 e. The molecule has 2 heterocycles. The van der Waals surface area contributed by atoms with Gasteiger partial charge >= 0.3 is 5.97 Å². The molecule has 0 saturated carbocycles. The summed E-state index contributed by atoms with van der Waals surface area (Å²) in [5, 5.41) is 0. The highest BCUT2D eigenvalue weighted by Crippen LogP contribution is 2.29. The first-order chi connectivity index (χ1) is 12.8. The van der Waals surface area contributed by atoms with Crippen LogP contribution in [0.3, 0.4) is 0 Å². The lowest BCUT2D eigenvalue weighted by Gasteiger charge is -2.24. The summed E-state index contributed by atoms with van der Waals surface area (Å²) in [5.74, 6) is -2.01. The first-order valence-corrected chi connectivity index (χ1v) is 10.4. The van der Waals surface area contributed by atoms with Crippen LogP contribution in [0.1, 0.15) is 43.0 Å². The second kappa shape index (κ2) is 7.67. The zero-order chi connectivity index (χ0) is 19.6. The fourth-order valence-electron chi connectivity index (χ4n) is 3.34. The van der Waals surface area contributed by atoms with Crippen molar-refractivity contribution in [3.05, 3.63) is 29.8 Å². The molecule has 2 amide bonds. The van der Waals surface area contributed by atoms with Crippen LogP contribution in [0.5, 0.6) is 0 Å². The van der Waals surface area contributed by atoms with E-state index in [1.807, 2.05) is 0 Å². The zero-order valence-electron chi connectivity index (χ0n) is 15.1. The van der Waals surface area contributed by atoms with Crippen molar-refractivity contribution < 1.29 is 27.5 Å². The smallest absolute Gasteiger partial charge is 0.327 e. The summed E-state index contributed by atoms with van der Waals surface area (Å²) in [5.41, 5.74) is 0.0268. The Bertz CT molecular complexity index is 858. The molecule has 2 aliphatic rings. The molecule has 27 heavy (non-hydrogen) atoms. The largest absolute Gasteiger partial charge is 0.451 e. The number of nitrogens with zero attached hydrogens (tertiary/aromatic N) is 2. The molecule has 8 nitrogen and oxygen atoms in total. The van der Waals surface area contributed by atoms with Gasteiger partial charge in [-0.3, -0.25) is 14.4 Å². The van der Waals surface area contributed by atoms with Crippen LogP contribution >= 0.6 is 0 Å². The minimum absolute atomic E-state index is 0.0268. The van der Waals surface area contributed by atoms with Crippen LogP contribution in [0.2, 0.25) is 0 Å². The molecule has 0 spiro atoms. The van der Waals surface area contributed by atoms with Crippen molar-refractivity contribution in [2.24, 2.45) is 0 Å². The van der Waals surface area contributed by atoms with E-state index in [4.69, 9.17) is 4.74 Å². The third-order valence-electron chi connectivity index (χ3n) is 4.76. The summed E-state index contributed by atoms with van der Waals surface area (Å²) in [6.07, 6.45) is 2.91. The van der Waals surface area contributed by atoms with Gasteiger partial charge in [-0.25, -0.2) is 12.7 Å². The van der Waals surface area contributed by atoms with Gasteiger partial charge in [-0.05, 0) is 31.9 Å². The van der Waals surface area contributed by atoms with Crippen molar-refractivity contribution >= 4 is 27.8 Å². The summed E-state index contributed by atoms with van der Waals surface area (Å²) in [6, 6.07) is 5.77. The number of ether oxygens (including phenoxy) is 1. The Hall–Kier alpha value is -2.42. The normalized spacial score (nSPS) is 20.0. The lowest BCUT2D eigenvalue weighted by molar-refractivity contribution is -0.158. The number of hydrogen-bond donors (Lipinski definition) is 0. The van der Waals surface area contributed by atoms with Crippen LogP contribution in [-0.4, -0.2) is 61.1 Å². The Labute approximate surface area is 158 Å². The molecule has 9 heteroatoms. The maximum absolute atomic E-state index is 12.5. The molecule has 0 aromatic heterocycles. The third kappa shape index (κ3) is 3.83. The molecule has 3 rings (SSSR count). The second-order valence-corrected chi connectivity index (χ2v) is 8.52. The van der Waals surface area contributed by atoms with Gasteiger partial charge in [0.05, 0.1) is 5.56 Å². The van der Waals surface area contributed by atoms with Gasteiger partial charge in [-0.1, -0.05) is 25.0 Å². The Morgan fingerprint density at radius 2 is 1.74 bits per heavy atom. The Balaban J connectivity index is 1.64. The minimum atomic E-state index is -4.08. The summed E-state index contributed by atoms with van der Waals surface area (Å²) >= 11 is 0. The fourth-order valence-corrected chi connectivity index (χ4v) is 4.85. The van der Waals surface area contributed by atoms with Crippen LogP contribution < -0.4 is 0 Å². The number of benzene rings is 1. The topological polar surface area (TPSA) is 101 Å². The number of carbonyl (C=O) groups is 3. The molecule has 1 atom stereocenters. The predicted octanol–water partition coefficient (Wildman–Crippen LogP) is 1.17. The number of amides is 2.